The molecule has 0 aromatic heterocycles. The van der Waals surface area contributed by atoms with Gasteiger partial charge in [-0.15, -0.1) is 0 Å². The van der Waals surface area contributed by atoms with Crippen LogP contribution in [0.3, 0.4) is 0 Å². The zero-order valence-corrected chi connectivity index (χ0v) is 18.1. The largest absolute Gasteiger partial charge is 0.482 e. The third-order valence-electron chi connectivity index (χ3n) is 4.84. The van der Waals surface area contributed by atoms with Crippen molar-refractivity contribution in [1.82, 2.24) is 10.9 Å². The van der Waals surface area contributed by atoms with E-state index in [2.05, 4.69) is 31.6 Å². The number of benzene rings is 2. The minimum atomic E-state index is -0.827. The Balaban J connectivity index is 1.51. The Morgan fingerprint density at radius 3 is 2.45 bits per heavy atom. The van der Waals surface area contributed by atoms with Crippen LogP contribution in [0.15, 0.2) is 48.5 Å². The first kappa shape index (κ1) is 22.1. The Hall–Kier alpha value is -3.55. The summed E-state index contributed by atoms with van der Waals surface area (Å²) < 4.78 is 11.0. The van der Waals surface area contributed by atoms with Crippen LogP contribution in [-0.4, -0.2) is 37.0 Å². The molecular weight excluding hydrogens is 398 g/mol. The van der Waals surface area contributed by atoms with Crippen molar-refractivity contribution in [3.8, 4) is 11.5 Å². The molecule has 3 rings (SSSR count). The van der Waals surface area contributed by atoms with Gasteiger partial charge in [0.15, 0.2) is 12.7 Å². The summed E-state index contributed by atoms with van der Waals surface area (Å²) in [6.45, 7) is 7.54. The molecule has 0 saturated heterocycles. The minimum absolute atomic E-state index is 0.0220. The van der Waals surface area contributed by atoms with Gasteiger partial charge in [-0.3, -0.25) is 30.1 Å². The lowest BCUT2D eigenvalue weighted by atomic mass is 9.87. The summed E-state index contributed by atoms with van der Waals surface area (Å²) in [5.41, 5.74) is 6.35. The Morgan fingerprint density at radius 2 is 1.77 bits per heavy atom. The fourth-order valence-electron chi connectivity index (χ4n) is 3.03. The predicted octanol–water partition coefficient (Wildman–Crippen LogP) is 2.32. The van der Waals surface area contributed by atoms with Gasteiger partial charge < -0.3 is 9.47 Å². The minimum Gasteiger partial charge on any atom is -0.482 e. The van der Waals surface area contributed by atoms with Gasteiger partial charge in [-0.2, -0.15) is 0 Å². The smallest absolute Gasteiger partial charge is 0.279 e. The molecule has 8 nitrogen and oxygen atoms in total. The number of ether oxygens (including phenoxy) is 2. The first-order valence-corrected chi connectivity index (χ1v) is 10.0. The van der Waals surface area contributed by atoms with E-state index in [0.29, 0.717) is 17.2 Å². The summed E-state index contributed by atoms with van der Waals surface area (Å²) in [6, 6.07) is 14.5. The number of hydrazine groups is 1. The highest BCUT2D eigenvalue weighted by atomic mass is 16.5. The molecule has 0 radical (unpaired) electrons. The number of anilines is 1. The second-order valence-electron chi connectivity index (χ2n) is 8.31. The Labute approximate surface area is 181 Å². The zero-order chi connectivity index (χ0) is 22.6. The molecule has 2 N–H and O–H groups in total. The summed E-state index contributed by atoms with van der Waals surface area (Å²) in [5.74, 6) is -0.311. The third kappa shape index (κ3) is 5.53. The van der Waals surface area contributed by atoms with Crippen molar-refractivity contribution in [3.63, 3.8) is 0 Å². The Morgan fingerprint density at radius 1 is 1.10 bits per heavy atom. The first-order chi connectivity index (χ1) is 14.6. The van der Waals surface area contributed by atoms with Gasteiger partial charge in [-0.1, -0.05) is 45.0 Å². The van der Waals surface area contributed by atoms with Gasteiger partial charge in [0.1, 0.15) is 18.0 Å². The molecule has 2 aromatic rings. The molecule has 1 aliphatic rings. The summed E-state index contributed by atoms with van der Waals surface area (Å²) in [6.07, 6.45) is -0.827. The van der Waals surface area contributed by atoms with Crippen molar-refractivity contribution in [2.75, 3.05) is 18.1 Å². The maximum Gasteiger partial charge on any atom is 0.279 e. The topological polar surface area (TPSA) is 97.0 Å². The Kier molecular flexibility index (Phi) is 6.48. The van der Waals surface area contributed by atoms with E-state index in [1.807, 2.05) is 24.3 Å². The van der Waals surface area contributed by atoms with E-state index in [0.717, 1.165) is 5.56 Å². The lowest BCUT2D eigenvalue weighted by Crippen LogP contribution is -2.52. The van der Waals surface area contributed by atoms with Crippen molar-refractivity contribution in [3.05, 3.63) is 54.1 Å². The van der Waals surface area contributed by atoms with Gasteiger partial charge in [0.25, 0.3) is 17.7 Å². The molecule has 3 amide bonds. The Bertz CT molecular complexity index is 966. The van der Waals surface area contributed by atoms with Crippen LogP contribution < -0.4 is 25.2 Å². The summed E-state index contributed by atoms with van der Waals surface area (Å²) in [5, 5.41) is 0. The molecule has 0 spiro atoms. The number of nitrogens with one attached hydrogen (secondary N) is 2. The molecule has 31 heavy (non-hydrogen) atoms. The average Bonchev–Trinajstić information content (AvgIpc) is 2.73. The normalized spacial score (nSPS) is 14.2. The van der Waals surface area contributed by atoms with Crippen LogP contribution in [0.25, 0.3) is 0 Å². The maximum absolute atomic E-state index is 12.3. The molecular formula is C23H27N3O5. The van der Waals surface area contributed by atoms with Crippen molar-refractivity contribution in [2.24, 2.45) is 0 Å². The highest BCUT2D eigenvalue weighted by Gasteiger charge is 2.27. The molecule has 2 aromatic carbocycles. The van der Waals surface area contributed by atoms with E-state index in [9.17, 15) is 14.4 Å². The molecule has 8 heteroatoms. The van der Waals surface area contributed by atoms with Crippen LogP contribution in [-0.2, 0) is 19.8 Å². The van der Waals surface area contributed by atoms with E-state index in [-0.39, 0.29) is 24.5 Å². The van der Waals surface area contributed by atoms with Crippen LogP contribution in [0.4, 0.5) is 5.69 Å². The fraction of sp³-hybridized carbons (Fsp3) is 0.348. The molecule has 0 unspecified atom stereocenters. The number of carbonyl (C=O) groups excluding carboxylic acids is 3. The van der Waals surface area contributed by atoms with E-state index in [1.54, 1.807) is 31.2 Å². The monoisotopic (exact) mass is 425 g/mol. The van der Waals surface area contributed by atoms with Crippen molar-refractivity contribution in [1.29, 1.82) is 0 Å². The molecule has 164 valence electrons. The summed E-state index contributed by atoms with van der Waals surface area (Å²) in [4.78, 5) is 38.0. The molecule has 0 saturated carbocycles. The quantitative estimate of drug-likeness (QED) is 0.717. The van der Waals surface area contributed by atoms with Gasteiger partial charge in [-0.25, -0.2) is 0 Å². The highest BCUT2D eigenvalue weighted by molar-refractivity contribution is 6.02. The number of nitrogens with zero attached hydrogens (tertiary/aromatic N) is 1. The highest BCUT2D eigenvalue weighted by Crippen LogP contribution is 2.31. The van der Waals surface area contributed by atoms with Gasteiger partial charge in [-0.05, 0) is 42.2 Å². The fourth-order valence-corrected chi connectivity index (χ4v) is 3.03. The van der Waals surface area contributed by atoms with Crippen LogP contribution in [0.2, 0.25) is 0 Å². The average molecular weight is 425 g/mol. The SMILES string of the molecule is C[C@@H](Oc1ccc(C(C)(C)C)cc1)C(=O)NNC(=O)CN1C(=O)COc2ccccc21. The van der Waals surface area contributed by atoms with Crippen LogP contribution in [0.1, 0.15) is 33.3 Å². The van der Waals surface area contributed by atoms with Crippen molar-refractivity contribution in [2.45, 2.75) is 39.2 Å². The van der Waals surface area contributed by atoms with Gasteiger partial charge >= 0.3 is 0 Å². The second kappa shape index (κ2) is 9.07. The number of fused-ring (bicyclic) bond motifs is 1. The number of amides is 3. The van der Waals surface area contributed by atoms with E-state index in [1.165, 1.54) is 4.90 Å². The summed E-state index contributed by atoms with van der Waals surface area (Å²) in [7, 11) is 0. The van der Waals surface area contributed by atoms with Gasteiger partial charge in [0.05, 0.1) is 5.69 Å². The lowest BCUT2D eigenvalue weighted by Gasteiger charge is -2.28. The number of para-hydroxylation sites is 2. The molecule has 0 fully saturated rings. The molecule has 0 bridgehead atoms. The number of hydrogen-bond donors (Lipinski definition) is 2. The van der Waals surface area contributed by atoms with Crippen molar-refractivity contribution < 1.29 is 23.9 Å². The van der Waals surface area contributed by atoms with Crippen molar-refractivity contribution >= 4 is 23.4 Å². The molecule has 1 atom stereocenters. The van der Waals surface area contributed by atoms with Gasteiger partial charge in [0, 0.05) is 0 Å². The second-order valence-corrected chi connectivity index (χ2v) is 8.31. The predicted molar refractivity (Wildman–Crippen MR) is 116 cm³/mol. The number of hydrogen-bond acceptors (Lipinski definition) is 5. The van der Waals surface area contributed by atoms with Crippen LogP contribution >= 0.6 is 0 Å². The van der Waals surface area contributed by atoms with E-state index < -0.39 is 17.9 Å². The van der Waals surface area contributed by atoms with E-state index >= 15 is 0 Å². The van der Waals surface area contributed by atoms with E-state index in [4.69, 9.17) is 9.47 Å². The number of carbonyl (C=O) groups is 3. The van der Waals surface area contributed by atoms with Gasteiger partial charge in [0.2, 0.25) is 0 Å². The molecule has 0 aliphatic carbocycles. The third-order valence-corrected chi connectivity index (χ3v) is 4.84. The first-order valence-electron chi connectivity index (χ1n) is 10.0. The zero-order valence-electron chi connectivity index (χ0n) is 18.1. The van der Waals surface area contributed by atoms with Crippen LogP contribution in [0, 0.1) is 0 Å². The maximum atomic E-state index is 12.3. The molecule has 1 aliphatic heterocycles. The standard InChI is InChI=1S/C23H27N3O5/c1-15(31-17-11-9-16(10-12-17)23(2,3)4)22(29)25-24-20(27)13-26-18-7-5-6-8-19(18)30-14-21(26)28/h5-12,15H,13-14H2,1-4H3,(H,24,27)(H,25,29)/t15-/m1/s1. The lowest BCUT2D eigenvalue weighted by molar-refractivity contribution is -0.132. The molecule has 1 heterocycles. The van der Waals surface area contributed by atoms with Crippen LogP contribution in [0.5, 0.6) is 11.5 Å². The number of rotatable bonds is 5. The summed E-state index contributed by atoms with van der Waals surface area (Å²) >= 11 is 0.